The van der Waals surface area contributed by atoms with Gasteiger partial charge in [-0.3, -0.25) is 4.79 Å². The number of hydrogen-bond acceptors (Lipinski definition) is 3. The van der Waals surface area contributed by atoms with E-state index < -0.39 is 0 Å². The quantitative estimate of drug-likeness (QED) is 0.682. The topological polar surface area (TPSA) is 52.6 Å². The zero-order valence-corrected chi connectivity index (χ0v) is 9.44. The molecule has 86 valence electrons. The lowest BCUT2D eigenvalue weighted by Crippen LogP contribution is -2.42. The third kappa shape index (κ3) is 2.49. The summed E-state index contributed by atoms with van der Waals surface area (Å²) in [5.74, 6) is 1.61. The number of hydrogen-bond donors (Lipinski definition) is 2. The van der Waals surface area contributed by atoms with Crippen LogP contribution < -0.4 is 5.32 Å². The van der Waals surface area contributed by atoms with Crippen molar-refractivity contribution in [1.82, 2.24) is 10.2 Å². The first-order valence-corrected chi connectivity index (χ1v) is 5.74. The molecule has 1 aliphatic carbocycles. The molecule has 4 nitrogen and oxygen atoms in total. The summed E-state index contributed by atoms with van der Waals surface area (Å²) in [5.41, 5.74) is 0. The van der Waals surface area contributed by atoms with Crippen molar-refractivity contribution in [3.05, 3.63) is 0 Å². The molecule has 2 N–H and O–H groups in total. The third-order valence-electron chi connectivity index (χ3n) is 3.57. The highest BCUT2D eigenvalue weighted by atomic mass is 16.3. The van der Waals surface area contributed by atoms with Crippen molar-refractivity contribution in [2.24, 2.45) is 11.8 Å². The van der Waals surface area contributed by atoms with E-state index in [1.165, 1.54) is 6.42 Å². The molecule has 0 radical (unpaired) electrons. The SMILES string of the molecule is CC1CC1CN(C)C(=O)C1CC(O)CN1. The average Bonchev–Trinajstić information content (AvgIpc) is 2.71. The lowest BCUT2D eigenvalue weighted by atomic mass is 10.2. The molecular formula is C11H20N2O2. The Bertz CT molecular complexity index is 257. The zero-order chi connectivity index (χ0) is 11.0. The Hall–Kier alpha value is -0.610. The Balaban J connectivity index is 1.79. The van der Waals surface area contributed by atoms with Gasteiger partial charge in [-0.2, -0.15) is 0 Å². The first-order chi connectivity index (χ1) is 7.08. The number of nitrogens with one attached hydrogen (secondary N) is 1. The predicted molar refractivity (Wildman–Crippen MR) is 57.3 cm³/mol. The molecule has 4 atom stereocenters. The van der Waals surface area contributed by atoms with E-state index in [-0.39, 0.29) is 18.1 Å². The first-order valence-electron chi connectivity index (χ1n) is 5.74. The van der Waals surface area contributed by atoms with Gasteiger partial charge in [-0.15, -0.1) is 0 Å². The highest BCUT2D eigenvalue weighted by Gasteiger charge is 2.36. The van der Waals surface area contributed by atoms with Crippen LogP contribution in [0.3, 0.4) is 0 Å². The van der Waals surface area contributed by atoms with Crippen molar-refractivity contribution in [3.63, 3.8) is 0 Å². The molecule has 0 aromatic heterocycles. The van der Waals surface area contributed by atoms with Gasteiger partial charge in [0.05, 0.1) is 12.1 Å². The second kappa shape index (κ2) is 4.10. The molecule has 2 rings (SSSR count). The van der Waals surface area contributed by atoms with Gasteiger partial charge in [0.1, 0.15) is 0 Å². The standard InChI is InChI=1S/C11H20N2O2/c1-7-3-8(7)6-13(2)11(15)10-4-9(14)5-12-10/h7-10,12,14H,3-6H2,1-2H3. The summed E-state index contributed by atoms with van der Waals surface area (Å²) in [5, 5.41) is 12.4. The van der Waals surface area contributed by atoms with E-state index in [1.54, 1.807) is 0 Å². The van der Waals surface area contributed by atoms with Crippen LogP contribution in [-0.2, 0) is 4.79 Å². The summed E-state index contributed by atoms with van der Waals surface area (Å²) in [6.45, 7) is 3.64. The van der Waals surface area contributed by atoms with Crippen molar-refractivity contribution in [1.29, 1.82) is 0 Å². The molecule has 0 spiro atoms. The number of aliphatic hydroxyl groups excluding tert-OH is 1. The highest BCUT2D eigenvalue weighted by Crippen LogP contribution is 2.38. The van der Waals surface area contributed by atoms with Crippen LogP contribution in [0, 0.1) is 11.8 Å². The number of nitrogens with zero attached hydrogens (tertiary/aromatic N) is 1. The highest BCUT2D eigenvalue weighted by molar-refractivity contribution is 5.82. The van der Waals surface area contributed by atoms with Crippen LogP contribution in [-0.4, -0.2) is 48.2 Å². The van der Waals surface area contributed by atoms with Crippen LogP contribution in [0.1, 0.15) is 19.8 Å². The minimum atomic E-state index is -0.354. The number of aliphatic hydroxyl groups is 1. The summed E-state index contributed by atoms with van der Waals surface area (Å²) in [4.78, 5) is 13.7. The maximum Gasteiger partial charge on any atom is 0.239 e. The second-order valence-electron chi connectivity index (χ2n) is 5.04. The van der Waals surface area contributed by atoms with Crippen LogP contribution >= 0.6 is 0 Å². The van der Waals surface area contributed by atoms with Crippen LogP contribution in [0.5, 0.6) is 0 Å². The molecule has 1 saturated carbocycles. The van der Waals surface area contributed by atoms with Gasteiger partial charge in [0.25, 0.3) is 0 Å². The molecule has 0 bridgehead atoms. The molecule has 2 aliphatic rings. The fourth-order valence-electron chi connectivity index (χ4n) is 2.27. The Morgan fingerprint density at radius 1 is 1.53 bits per heavy atom. The van der Waals surface area contributed by atoms with Crippen molar-refractivity contribution in [2.75, 3.05) is 20.1 Å². The molecule has 1 amide bonds. The zero-order valence-electron chi connectivity index (χ0n) is 9.44. The van der Waals surface area contributed by atoms with Crippen molar-refractivity contribution >= 4 is 5.91 Å². The van der Waals surface area contributed by atoms with Gasteiger partial charge < -0.3 is 15.3 Å². The molecule has 0 aromatic rings. The molecule has 4 heteroatoms. The monoisotopic (exact) mass is 212 g/mol. The number of β-amino-alcohol motifs (C(OH)–C–C–N with tert-alkyl or cyclic N) is 1. The maximum absolute atomic E-state index is 11.9. The largest absolute Gasteiger partial charge is 0.392 e. The molecule has 1 saturated heterocycles. The molecule has 0 aromatic carbocycles. The smallest absolute Gasteiger partial charge is 0.239 e. The van der Waals surface area contributed by atoms with Crippen molar-refractivity contribution in [2.45, 2.75) is 31.9 Å². The van der Waals surface area contributed by atoms with E-state index >= 15 is 0 Å². The van der Waals surface area contributed by atoms with Gasteiger partial charge in [-0.25, -0.2) is 0 Å². The fraction of sp³-hybridized carbons (Fsp3) is 0.909. The molecular weight excluding hydrogens is 192 g/mol. The Labute approximate surface area is 90.6 Å². The van der Waals surface area contributed by atoms with Gasteiger partial charge in [0, 0.05) is 20.1 Å². The number of carbonyl (C=O) groups excluding carboxylic acids is 1. The van der Waals surface area contributed by atoms with Crippen LogP contribution in [0.4, 0.5) is 0 Å². The van der Waals surface area contributed by atoms with Gasteiger partial charge in [0.2, 0.25) is 5.91 Å². The van der Waals surface area contributed by atoms with Crippen molar-refractivity contribution in [3.8, 4) is 0 Å². The summed E-state index contributed by atoms with van der Waals surface area (Å²) in [7, 11) is 1.86. The minimum absolute atomic E-state index is 0.130. The molecule has 1 heterocycles. The predicted octanol–water partition coefficient (Wildman–Crippen LogP) is -0.176. The molecule has 15 heavy (non-hydrogen) atoms. The Morgan fingerprint density at radius 2 is 2.20 bits per heavy atom. The number of carbonyl (C=O) groups is 1. The lowest BCUT2D eigenvalue weighted by molar-refractivity contribution is -0.132. The average molecular weight is 212 g/mol. The van der Waals surface area contributed by atoms with E-state index in [4.69, 9.17) is 0 Å². The van der Waals surface area contributed by atoms with Gasteiger partial charge in [0.15, 0.2) is 0 Å². The molecule has 1 aliphatic heterocycles. The Kier molecular flexibility index (Phi) is 2.98. The van der Waals surface area contributed by atoms with Crippen LogP contribution in [0.25, 0.3) is 0 Å². The van der Waals surface area contributed by atoms with Crippen molar-refractivity contribution < 1.29 is 9.90 Å². The fourth-order valence-corrected chi connectivity index (χ4v) is 2.27. The van der Waals surface area contributed by atoms with E-state index in [9.17, 15) is 9.90 Å². The number of likely N-dealkylation sites (N-methyl/N-ethyl adjacent to an activating group) is 1. The maximum atomic E-state index is 11.9. The van der Waals surface area contributed by atoms with Crippen LogP contribution in [0.2, 0.25) is 0 Å². The third-order valence-corrected chi connectivity index (χ3v) is 3.57. The van der Waals surface area contributed by atoms with E-state index in [0.29, 0.717) is 18.9 Å². The van der Waals surface area contributed by atoms with Gasteiger partial charge in [-0.1, -0.05) is 6.92 Å². The van der Waals surface area contributed by atoms with Crippen LogP contribution in [0.15, 0.2) is 0 Å². The van der Waals surface area contributed by atoms with E-state index in [1.807, 2.05) is 11.9 Å². The minimum Gasteiger partial charge on any atom is -0.392 e. The molecule has 4 unspecified atom stereocenters. The van der Waals surface area contributed by atoms with Gasteiger partial charge in [-0.05, 0) is 24.7 Å². The first kappa shape index (κ1) is 10.9. The van der Waals surface area contributed by atoms with E-state index in [0.717, 1.165) is 12.5 Å². The lowest BCUT2D eigenvalue weighted by Gasteiger charge is -2.21. The number of amides is 1. The normalized spacial score (nSPS) is 39.1. The van der Waals surface area contributed by atoms with E-state index in [2.05, 4.69) is 12.2 Å². The van der Waals surface area contributed by atoms with Gasteiger partial charge >= 0.3 is 0 Å². The summed E-state index contributed by atoms with van der Waals surface area (Å²) in [6, 6.07) is -0.168. The molecule has 2 fully saturated rings. The summed E-state index contributed by atoms with van der Waals surface area (Å²) < 4.78 is 0. The Morgan fingerprint density at radius 3 is 2.67 bits per heavy atom. The summed E-state index contributed by atoms with van der Waals surface area (Å²) in [6.07, 6.45) is 1.45. The number of rotatable bonds is 3. The summed E-state index contributed by atoms with van der Waals surface area (Å²) >= 11 is 0. The second-order valence-corrected chi connectivity index (χ2v) is 5.04.